The summed E-state index contributed by atoms with van der Waals surface area (Å²) in [6.07, 6.45) is 1.75. The Labute approximate surface area is 149 Å². The van der Waals surface area contributed by atoms with Crippen LogP contribution in [0.25, 0.3) is 10.2 Å². The summed E-state index contributed by atoms with van der Waals surface area (Å²) in [6, 6.07) is 5.53. The number of anilines is 1. The molecule has 3 amide bonds. The van der Waals surface area contributed by atoms with E-state index in [9.17, 15) is 14.4 Å². The maximum atomic E-state index is 12.0. The van der Waals surface area contributed by atoms with Crippen molar-refractivity contribution in [1.29, 1.82) is 0 Å². The number of nitrogens with zero attached hydrogens (tertiary/aromatic N) is 1. The molecular formula is C17H20N4O3S. The second kappa shape index (κ2) is 7.60. The summed E-state index contributed by atoms with van der Waals surface area (Å²) in [5.74, 6) is -0.405. The molecule has 2 heterocycles. The van der Waals surface area contributed by atoms with Gasteiger partial charge in [-0.25, -0.2) is 4.98 Å². The molecule has 132 valence electrons. The van der Waals surface area contributed by atoms with Crippen molar-refractivity contribution < 1.29 is 14.4 Å². The largest absolute Gasteiger partial charge is 0.354 e. The van der Waals surface area contributed by atoms with Gasteiger partial charge in [0.1, 0.15) is 6.04 Å². The Morgan fingerprint density at radius 3 is 3.00 bits per heavy atom. The average molecular weight is 360 g/mol. The number of carbonyl (C=O) groups excluding carboxylic acids is 3. The highest BCUT2D eigenvalue weighted by atomic mass is 32.1. The van der Waals surface area contributed by atoms with Crippen molar-refractivity contribution in [2.24, 2.45) is 0 Å². The first kappa shape index (κ1) is 17.3. The zero-order valence-corrected chi connectivity index (χ0v) is 14.7. The van der Waals surface area contributed by atoms with Gasteiger partial charge in [-0.2, -0.15) is 0 Å². The van der Waals surface area contributed by atoms with Crippen LogP contribution in [-0.2, 0) is 14.4 Å². The Kier molecular flexibility index (Phi) is 5.28. The zero-order chi connectivity index (χ0) is 17.8. The molecule has 2 aromatic rings. The van der Waals surface area contributed by atoms with E-state index >= 15 is 0 Å². The number of hydrogen-bond donors (Lipinski definition) is 3. The highest BCUT2D eigenvalue weighted by Gasteiger charge is 2.26. The van der Waals surface area contributed by atoms with Gasteiger partial charge in [-0.05, 0) is 37.5 Å². The number of aryl methyl sites for hydroxylation is 1. The van der Waals surface area contributed by atoms with Gasteiger partial charge in [0.2, 0.25) is 17.7 Å². The number of amides is 3. The number of fused-ring (bicyclic) bond motifs is 1. The van der Waals surface area contributed by atoms with E-state index in [4.69, 9.17) is 0 Å². The molecule has 1 aromatic heterocycles. The maximum Gasteiger partial charge on any atom is 0.242 e. The van der Waals surface area contributed by atoms with Crippen LogP contribution in [0.1, 0.15) is 31.2 Å². The molecule has 25 heavy (non-hydrogen) atoms. The van der Waals surface area contributed by atoms with Crippen LogP contribution < -0.4 is 16.0 Å². The van der Waals surface area contributed by atoms with Crippen LogP contribution in [-0.4, -0.2) is 35.3 Å². The molecular weight excluding hydrogens is 340 g/mol. The van der Waals surface area contributed by atoms with E-state index in [0.29, 0.717) is 37.4 Å². The van der Waals surface area contributed by atoms with Gasteiger partial charge < -0.3 is 16.0 Å². The Morgan fingerprint density at radius 2 is 2.24 bits per heavy atom. The fourth-order valence-electron chi connectivity index (χ4n) is 2.66. The number of thiazole rings is 1. The van der Waals surface area contributed by atoms with E-state index < -0.39 is 6.04 Å². The lowest BCUT2D eigenvalue weighted by Gasteiger charge is -2.10. The normalized spacial score (nSPS) is 16.7. The molecule has 3 rings (SSSR count). The quantitative estimate of drug-likeness (QED) is 0.683. The van der Waals surface area contributed by atoms with Crippen molar-refractivity contribution in [3.63, 3.8) is 0 Å². The topological polar surface area (TPSA) is 100 Å². The fourth-order valence-corrected chi connectivity index (χ4v) is 3.64. The summed E-state index contributed by atoms with van der Waals surface area (Å²) < 4.78 is 1.04. The number of benzene rings is 1. The second-order valence-electron chi connectivity index (χ2n) is 6.09. The van der Waals surface area contributed by atoms with Crippen molar-refractivity contribution >= 4 is 44.4 Å². The lowest BCUT2D eigenvalue weighted by Crippen LogP contribution is -2.42. The van der Waals surface area contributed by atoms with Gasteiger partial charge in [-0.1, -0.05) is 17.4 Å². The van der Waals surface area contributed by atoms with Crippen LogP contribution in [0.15, 0.2) is 18.2 Å². The molecule has 1 saturated heterocycles. The summed E-state index contributed by atoms with van der Waals surface area (Å²) >= 11 is 1.45. The van der Waals surface area contributed by atoms with E-state index in [2.05, 4.69) is 20.9 Å². The average Bonchev–Trinajstić information content (AvgIpc) is 3.16. The van der Waals surface area contributed by atoms with E-state index in [1.807, 2.05) is 25.1 Å². The molecule has 1 aliphatic heterocycles. The molecule has 0 bridgehead atoms. The number of hydrogen-bond acceptors (Lipinski definition) is 5. The molecule has 8 heteroatoms. The molecule has 0 radical (unpaired) electrons. The Hall–Kier alpha value is -2.48. The first-order valence-corrected chi connectivity index (χ1v) is 9.07. The summed E-state index contributed by atoms with van der Waals surface area (Å²) in [6.45, 7) is 2.42. The predicted molar refractivity (Wildman–Crippen MR) is 96.4 cm³/mol. The van der Waals surface area contributed by atoms with Gasteiger partial charge in [0.15, 0.2) is 5.13 Å². The third-order valence-corrected chi connectivity index (χ3v) is 4.92. The molecule has 0 aliphatic carbocycles. The lowest BCUT2D eigenvalue weighted by molar-refractivity contribution is -0.125. The first-order valence-electron chi connectivity index (χ1n) is 8.25. The van der Waals surface area contributed by atoms with E-state index in [1.54, 1.807) is 0 Å². The van der Waals surface area contributed by atoms with E-state index in [1.165, 1.54) is 11.3 Å². The van der Waals surface area contributed by atoms with Gasteiger partial charge in [0, 0.05) is 19.4 Å². The molecule has 1 aliphatic rings. The van der Waals surface area contributed by atoms with Crippen LogP contribution in [0.4, 0.5) is 5.13 Å². The van der Waals surface area contributed by atoms with E-state index in [0.717, 1.165) is 15.8 Å². The van der Waals surface area contributed by atoms with Gasteiger partial charge >= 0.3 is 0 Å². The standard InChI is InChI=1S/C17H20N4O3S/c1-10-4-5-11-13(9-10)25-17(20-11)21-14(22)3-2-8-18-16(24)12-6-7-15(23)19-12/h4-5,9,12H,2-3,6-8H2,1H3,(H,18,24)(H,19,23)(H,20,21,22)/t12-/m0/s1. The highest BCUT2D eigenvalue weighted by molar-refractivity contribution is 7.22. The number of rotatable bonds is 6. The van der Waals surface area contributed by atoms with Crippen molar-refractivity contribution in [2.45, 2.75) is 38.6 Å². The van der Waals surface area contributed by atoms with Crippen molar-refractivity contribution in [3.8, 4) is 0 Å². The Balaban J connectivity index is 1.40. The van der Waals surface area contributed by atoms with Crippen molar-refractivity contribution in [2.75, 3.05) is 11.9 Å². The zero-order valence-electron chi connectivity index (χ0n) is 13.9. The fraction of sp³-hybridized carbons (Fsp3) is 0.412. The monoisotopic (exact) mass is 360 g/mol. The molecule has 1 aromatic carbocycles. The summed E-state index contributed by atoms with van der Waals surface area (Å²) in [5, 5.41) is 8.75. The molecule has 0 unspecified atom stereocenters. The van der Waals surface area contributed by atoms with Crippen LogP contribution in [0.5, 0.6) is 0 Å². The van der Waals surface area contributed by atoms with Crippen LogP contribution >= 0.6 is 11.3 Å². The molecule has 1 fully saturated rings. The molecule has 0 saturated carbocycles. The molecule has 7 nitrogen and oxygen atoms in total. The summed E-state index contributed by atoms with van der Waals surface area (Å²) in [4.78, 5) is 39.3. The molecule has 3 N–H and O–H groups in total. The molecule has 1 atom stereocenters. The smallest absolute Gasteiger partial charge is 0.242 e. The molecule has 0 spiro atoms. The lowest BCUT2D eigenvalue weighted by atomic mass is 10.2. The minimum absolute atomic E-state index is 0.0921. The van der Waals surface area contributed by atoms with Crippen LogP contribution in [0.2, 0.25) is 0 Å². The first-order chi connectivity index (χ1) is 12.0. The second-order valence-corrected chi connectivity index (χ2v) is 7.12. The Bertz CT molecular complexity index is 817. The highest BCUT2D eigenvalue weighted by Crippen LogP contribution is 2.26. The third kappa shape index (κ3) is 4.54. The van der Waals surface area contributed by atoms with Crippen LogP contribution in [0.3, 0.4) is 0 Å². The van der Waals surface area contributed by atoms with E-state index in [-0.39, 0.29) is 17.7 Å². The maximum absolute atomic E-state index is 12.0. The minimum atomic E-state index is -0.437. The van der Waals surface area contributed by atoms with Crippen LogP contribution in [0, 0.1) is 6.92 Å². The van der Waals surface area contributed by atoms with Gasteiger partial charge in [-0.3, -0.25) is 14.4 Å². The van der Waals surface area contributed by atoms with Gasteiger partial charge in [0.25, 0.3) is 0 Å². The minimum Gasteiger partial charge on any atom is -0.354 e. The summed E-state index contributed by atoms with van der Waals surface area (Å²) in [5.41, 5.74) is 2.03. The predicted octanol–water partition coefficient (Wildman–Crippen LogP) is 1.72. The van der Waals surface area contributed by atoms with Gasteiger partial charge in [-0.15, -0.1) is 0 Å². The van der Waals surface area contributed by atoms with Crippen molar-refractivity contribution in [3.05, 3.63) is 23.8 Å². The van der Waals surface area contributed by atoms with Crippen molar-refractivity contribution in [1.82, 2.24) is 15.6 Å². The SMILES string of the molecule is Cc1ccc2nc(NC(=O)CCCNC(=O)[C@@H]3CCC(=O)N3)sc2c1. The number of carbonyl (C=O) groups is 3. The van der Waals surface area contributed by atoms with Gasteiger partial charge in [0.05, 0.1) is 10.2 Å². The summed E-state index contributed by atoms with van der Waals surface area (Å²) in [7, 11) is 0. The third-order valence-electron chi connectivity index (χ3n) is 3.98. The number of nitrogens with one attached hydrogen (secondary N) is 3. The Morgan fingerprint density at radius 1 is 1.40 bits per heavy atom. The number of aromatic nitrogens is 1.